The third-order valence-corrected chi connectivity index (χ3v) is 6.18. The Morgan fingerprint density at radius 3 is 2.68 bits per heavy atom. The van der Waals surface area contributed by atoms with Gasteiger partial charge in [0.2, 0.25) is 0 Å². The van der Waals surface area contributed by atoms with Gasteiger partial charge in [-0.1, -0.05) is 36.4 Å². The second-order valence-corrected chi connectivity index (χ2v) is 8.32. The highest BCUT2D eigenvalue weighted by atomic mass is 32.1. The van der Waals surface area contributed by atoms with Gasteiger partial charge in [0.05, 0.1) is 4.88 Å². The van der Waals surface area contributed by atoms with E-state index in [0.717, 1.165) is 33.3 Å². The minimum absolute atomic E-state index is 0.0225. The Morgan fingerprint density at radius 2 is 1.84 bits per heavy atom. The van der Waals surface area contributed by atoms with E-state index in [1.807, 2.05) is 78.2 Å². The molecule has 0 saturated heterocycles. The van der Waals surface area contributed by atoms with Gasteiger partial charge in [-0.15, -0.1) is 11.3 Å². The van der Waals surface area contributed by atoms with Gasteiger partial charge in [-0.2, -0.15) is 0 Å². The van der Waals surface area contributed by atoms with E-state index in [-0.39, 0.29) is 18.4 Å². The highest BCUT2D eigenvalue weighted by Gasteiger charge is 2.26. The molecule has 0 atom stereocenters. The summed E-state index contributed by atoms with van der Waals surface area (Å²) in [5.74, 6) is 0.456. The molecule has 1 aromatic heterocycles. The zero-order valence-corrected chi connectivity index (χ0v) is 17.5. The van der Waals surface area contributed by atoms with Crippen LogP contribution >= 0.6 is 11.3 Å². The van der Waals surface area contributed by atoms with E-state index in [9.17, 15) is 9.59 Å². The Labute approximate surface area is 183 Å². The van der Waals surface area contributed by atoms with E-state index in [2.05, 4.69) is 5.32 Å². The number of hydrogen-bond donors (Lipinski definition) is 1. The average Bonchev–Trinajstić information content (AvgIpc) is 3.47. The van der Waals surface area contributed by atoms with E-state index in [0.29, 0.717) is 18.0 Å². The molecule has 2 heterocycles. The van der Waals surface area contributed by atoms with Gasteiger partial charge in [-0.3, -0.25) is 9.59 Å². The minimum atomic E-state index is -0.224. The van der Waals surface area contributed by atoms with Gasteiger partial charge in [0.15, 0.2) is 6.61 Å². The van der Waals surface area contributed by atoms with Crippen molar-refractivity contribution in [3.63, 3.8) is 0 Å². The average molecular weight is 429 g/mol. The van der Waals surface area contributed by atoms with Crippen molar-refractivity contribution in [3.05, 3.63) is 88.6 Å². The van der Waals surface area contributed by atoms with Crippen LogP contribution < -0.4 is 15.0 Å². The summed E-state index contributed by atoms with van der Waals surface area (Å²) in [5, 5.41) is 6.99. The van der Waals surface area contributed by atoms with E-state index >= 15 is 0 Å². The number of fused-ring (bicyclic) bond motifs is 2. The van der Waals surface area contributed by atoms with Crippen molar-refractivity contribution >= 4 is 45.3 Å². The zero-order chi connectivity index (χ0) is 21.2. The highest BCUT2D eigenvalue weighted by Crippen LogP contribution is 2.32. The molecule has 0 spiro atoms. The number of benzene rings is 3. The molecule has 5 nitrogen and oxygen atoms in total. The number of amides is 2. The van der Waals surface area contributed by atoms with Crippen LogP contribution in [0.2, 0.25) is 0 Å². The van der Waals surface area contributed by atoms with Crippen molar-refractivity contribution in [2.24, 2.45) is 0 Å². The lowest BCUT2D eigenvalue weighted by Gasteiger charge is -2.16. The second-order valence-electron chi connectivity index (χ2n) is 7.37. The number of nitrogens with zero attached hydrogens (tertiary/aromatic N) is 1. The molecule has 5 rings (SSSR count). The molecular formula is C25H20N2O3S. The second kappa shape index (κ2) is 8.24. The fraction of sp³-hybridized carbons (Fsp3) is 0.120. The fourth-order valence-corrected chi connectivity index (χ4v) is 4.50. The molecule has 6 heteroatoms. The van der Waals surface area contributed by atoms with Crippen molar-refractivity contribution in [2.75, 3.05) is 23.4 Å². The molecule has 0 unspecified atom stereocenters. The Bertz CT molecular complexity index is 1270. The van der Waals surface area contributed by atoms with Gasteiger partial charge >= 0.3 is 0 Å². The number of hydrogen-bond acceptors (Lipinski definition) is 4. The lowest BCUT2D eigenvalue weighted by molar-refractivity contribution is -0.118. The van der Waals surface area contributed by atoms with E-state index < -0.39 is 0 Å². The zero-order valence-electron chi connectivity index (χ0n) is 16.7. The topological polar surface area (TPSA) is 58.6 Å². The first-order chi connectivity index (χ1) is 15.2. The SMILES string of the molecule is O=C(COc1ccc2ccccc2c1)Nc1ccc2c(c1)CCN2C(=O)c1cccs1. The molecule has 3 aromatic carbocycles. The van der Waals surface area contributed by atoms with E-state index in [1.165, 1.54) is 11.3 Å². The van der Waals surface area contributed by atoms with Crippen LogP contribution in [0.3, 0.4) is 0 Å². The van der Waals surface area contributed by atoms with Crippen molar-refractivity contribution in [1.29, 1.82) is 0 Å². The predicted molar refractivity (Wildman–Crippen MR) is 124 cm³/mol. The third kappa shape index (κ3) is 4.02. The normalized spacial score (nSPS) is 12.6. The number of carbonyl (C=O) groups excluding carboxylic acids is 2. The Morgan fingerprint density at radius 1 is 0.968 bits per heavy atom. The Hall–Kier alpha value is -3.64. The molecule has 0 bridgehead atoms. The molecule has 1 N–H and O–H groups in total. The van der Waals surface area contributed by atoms with Crippen LogP contribution in [0.25, 0.3) is 10.8 Å². The molecule has 2 amide bonds. The summed E-state index contributed by atoms with van der Waals surface area (Å²) in [6, 6.07) is 23.2. The third-order valence-electron chi connectivity index (χ3n) is 5.33. The van der Waals surface area contributed by atoms with Crippen LogP contribution in [0.4, 0.5) is 11.4 Å². The maximum Gasteiger partial charge on any atom is 0.268 e. The monoisotopic (exact) mass is 428 g/mol. The fourth-order valence-electron chi connectivity index (χ4n) is 3.83. The quantitative estimate of drug-likeness (QED) is 0.480. The molecule has 0 fully saturated rings. The van der Waals surface area contributed by atoms with Gasteiger partial charge in [0.1, 0.15) is 5.75 Å². The van der Waals surface area contributed by atoms with Gasteiger partial charge in [-0.25, -0.2) is 0 Å². The minimum Gasteiger partial charge on any atom is -0.484 e. The summed E-state index contributed by atoms with van der Waals surface area (Å²) >= 11 is 1.45. The molecule has 1 aliphatic rings. The summed E-state index contributed by atoms with van der Waals surface area (Å²) < 4.78 is 5.67. The highest BCUT2D eigenvalue weighted by molar-refractivity contribution is 7.12. The van der Waals surface area contributed by atoms with Gasteiger partial charge in [0, 0.05) is 17.9 Å². The van der Waals surface area contributed by atoms with Gasteiger partial charge in [-0.05, 0) is 64.5 Å². The molecule has 0 radical (unpaired) electrons. The van der Waals surface area contributed by atoms with Crippen molar-refractivity contribution < 1.29 is 14.3 Å². The number of carbonyl (C=O) groups is 2. The summed E-state index contributed by atoms with van der Waals surface area (Å²) in [6.45, 7) is 0.576. The van der Waals surface area contributed by atoms with Crippen LogP contribution in [0.1, 0.15) is 15.2 Å². The maximum atomic E-state index is 12.7. The summed E-state index contributed by atoms with van der Waals surface area (Å²) in [4.78, 5) is 27.6. The molecule has 0 aliphatic carbocycles. The van der Waals surface area contributed by atoms with Crippen LogP contribution in [0.5, 0.6) is 5.75 Å². The lowest BCUT2D eigenvalue weighted by atomic mass is 10.1. The van der Waals surface area contributed by atoms with Crippen molar-refractivity contribution in [1.82, 2.24) is 0 Å². The lowest BCUT2D eigenvalue weighted by Crippen LogP contribution is -2.28. The van der Waals surface area contributed by atoms with Crippen LogP contribution in [-0.4, -0.2) is 25.0 Å². The molecule has 1 aliphatic heterocycles. The first-order valence-corrected chi connectivity index (χ1v) is 10.9. The standard InChI is InChI=1S/C25H20N2O3S/c28-24(16-30-21-9-7-17-4-1-2-5-18(17)15-21)26-20-8-10-22-19(14-20)11-12-27(22)25(29)23-6-3-13-31-23/h1-10,13-15H,11-12,16H2,(H,26,28). The smallest absolute Gasteiger partial charge is 0.268 e. The Balaban J connectivity index is 1.22. The van der Waals surface area contributed by atoms with E-state index in [1.54, 1.807) is 4.90 Å². The molecular weight excluding hydrogens is 408 g/mol. The van der Waals surface area contributed by atoms with Crippen molar-refractivity contribution in [2.45, 2.75) is 6.42 Å². The van der Waals surface area contributed by atoms with Gasteiger partial charge < -0.3 is 15.0 Å². The van der Waals surface area contributed by atoms with Crippen LogP contribution in [0, 0.1) is 0 Å². The van der Waals surface area contributed by atoms with Crippen LogP contribution in [-0.2, 0) is 11.2 Å². The first kappa shape index (κ1) is 19.3. The predicted octanol–water partition coefficient (Wildman–Crippen LogP) is 5.12. The number of nitrogens with one attached hydrogen (secondary N) is 1. The number of thiophene rings is 1. The summed E-state index contributed by atoms with van der Waals surface area (Å²) in [6.07, 6.45) is 0.768. The summed E-state index contributed by atoms with van der Waals surface area (Å²) in [7, 11) is 0. The molecule has 4 aromatic rings. The number of rotatable bonds is 5. The number of anilines is 2. The molecule has 31 heavy (non-hydrogen) atoms. The molecule has 154 valence electrons. The van der Waals surface area contributed by atoms with E-state index in [4.69, 9.17) is 4.74 Å². The molecule has 0 saturated carbocycles. The Kier molecular flexibility index (Phi) is 5.14. The largest absolute Gasteiger partial charge is 0.484 e. The summed E-state index contributed by atoms with van der Waals surface area (Å²) in [5.41, 5.74) is 2.67. The maximum absolute atomic E-state index is 12.7. The first-order valence-electron chi connectivity index (χ1n) is 10.1. The van der Waals surface area contributed by atoms with Crippen molar-refractivity contribution in [3.8, 4) is 5.75 Å². The van der Waals surface area contributed by atoms with Crippen LogP contribution in [0.15, 0.2) is 78.2 Å². The van der Waals surface area contributed by atoms with Gasteiger partial charge in [0.25, 0.3) is 11.8 Å². The number of ether oxygens (including phenoxy) is 1.